The van der Waals surface area contributed by atoms with Crippen LogP contribution >= 0.6 is 0 Å². The Morgan fingerprint density at radius 3 is 2.58 bits per heavy atom. The molecule has 6 nitrogen and oxygen atoms in total. The van der Waals surface area contributed by atoms with E-state index in [1.54, 1.807) is 0 Å². The van der Waals surface area contributed by atoms with Gasteiger partial charge in [0.2, 0.25) is 5.91 Å². The van der Waals surface area contributed by atoms with Gasteiger partial charge in [-0.1, -0.05) is 6.92 Å². The second-order valence-electron chi connectivity index (χ2n) is 6.59. The number of piperidine rings is 1. The SMILES string of the molecule is CCc1c(C(=O)CN2CCC[C@H](NC(C)=O)C2)[nH]c(C)c1C(C)=O. The van der Waals surface area contributed by atoms with Gasteiger partial charge in [-0.15, -0.1) is 0 Å². The summed E-state index contributed by atoms with van der Waals surface area (Å²) in [6.07, 6.45) is 2.55. The second-order valence-corrected chi connectivity index (χ2v) is 6.59. The average molecular weight is 333 g/mol. The van der Waals surface area contributed by atoms with Gasteiger partial charge < -0.3 is 10.3 Å². The van der Waals surface area contributed by atoms with Crippen molar-refractivity contribution < 1.29 is 14.4 Å². The van der Waals surface area contributed by atoms with E-state index >= 15 is 0 Å². The minimum absolute atomic E-state index is 0.00549. The number of aryl methyl sites for hydroxylation is 1. The number of nitrogens with one attached hydrogen (secondary N) is 2. The first-order valence-electron chi connectivity index (χ1n) is 8.58. The van der Waals surface area contributed by atoms with Crippen molar-refractivity contribution in [2.24, 2.45) is 0 Å². The fourth-order valence-corrected chi connectivity index (χ4v) is 3.63. The molecule has 0 spiro atoms. The fourth-order valence-electron chi connectivity index (χ4n) is 3.63. The fraction of sp³-hybridized carbons (Fsp3) is 0.611. The number of carbonyl (C=O) groups excluding carboxylic acids is 3. The molecule has 1 aromatic rings. The van der Waals surface area contributed by atoms with Crippen LogP contribution in [-0.2, 0) is 11.2 Å². The van der Waals surface area contributed by atoms with Crippen LogP contribution in [0.1, 0.15) is 65.7 Å². The number of hydrogen-bond donors (Lipinski definition) is 2. The largest absolute Gasteiger partial charge is 0.355 e. The predicted molar refractivity (Wildman–Crippen MR) is 92.5 cm³/mol. The predicted octanol–water partition coefficient (Wildman–Crippen LogP) is 1.87. The van der Waals surface area contributed by atoms with E-state index < -0.39 is 0 Å². The molecule has 2 rings (SSSR count). The number of likely N-dealkylation sites (tertiary alicyclic amines) is 1. The summed E-state index contributed by atoms with van der Waals surface area (Å²) < 4.78 is 0. The van der Waals surface area contributed by atoms with Gasteiger partial charge in [0.25, 0.3) is 0 Å². The quantitative estimate of drug-likeness (QED) is 0.779. The second kappa shape index (κ2) is 7.75. The Kier molecular flexibility index (Phi) is 5.94. The topological polar surface area (TPSA) is 82.3 Å². The zero-order valence-corrected chi connectivity index (χ0v) is 15.0. The maximum atomic E-state index is 12.7. The van der Waals surface area contributed by atoms with E-state index in [2.05, 4.69) is 15.2 Å². The summed E-state index contributed by atoms with van der Waals surface area (Å²) in [7, 11) is 0. The lowest BCUT2D eigenvalue weighted by Gasteiger charge is -2.32. The van der Waals surface area contributed by atoms with Crippen molar-refractivity contribution in [3.05, 3.63) is 22.5 Å². The van der Waals surface area contributed by atoms with E-state index in [0.29, 0.717) is 30.8 Å². The molecule has 1 amide bonds. The molecule has 1 aliphatic rings. The van der Waals surface area contributed by atoms with Gasteiger partial charge >= 0.3 is 0 Å². The molecule has 1 aliphatic heterocycles. The molecule has 1 atom stereocenters. The van der Waals surface area contributed by atoms with Crippen LogP contribution in [-0.4, -0.2) is 53.0 Å². The van der Waals surface area contributed by atoms with Gasteiger partial charge in [0.1, 0.15) is 0 Å². The minimum atomic E-state index is -0.0347. The molecule has 0 bridgehead atoms. The highest BCUT2D eigenvalue weighted by Crippen LogP contribution is 2.21. The Balaban J connectivity index is 2.11. The Labute approximate surface area is 143 Å². The van der Waals surface area contributed by atoms with Crippen LogP contribution in [0.25, 0.3) is 0 Å². The van der Waals surface area contributed by atoms with Crippen molar-refractivity contribution >= 4 is 17.5 Å². The highest BCUT2D eigenvalue weighted by Gasteiger charge is 2.26. The van der Waals surface area contributed by atoms with E-state index in [1.165, 1.54) is 13.8 Å². The lowest BCUT2D eigenvalue weighted by molar-refractivity contribution is -0.120. The van der Waals surface area contributed by atoms with Crippen molar-refractivity contribution in [2.75, 3.05) is 19.6 Å². The molecule has 0 radical (unpaired) electrons. The van der Waals surface area contributed by atoms with E-state index in [9.17, 15) is 14.4 Å². The average Bonchev–Trinajstić information content (AvgIpc) is 2.83. The number of aromatic nitrogens is 1. The summed E-state index contributed by atoms with van der Waals surface area (Å²) >= 11 is 0. The third kappa shape index (κ3) is 4.12. The first-order valence-corrected chi connectivity index (χ1v) is 8.58. The van der Waals surface area contributed by atoms with Gasteiger partial charge in [0.15, 0.2) is 11.6 Å². The normalized spacial score (nSPS) is 18.4. The number of carbonyl (C=O) groups is 3. The maximum Gasteiger partial charge on any atom is 0.217 e. The Morgan fingerprint density at radius 2 is 2.00 bits per heavy atom. The Morgan fingerprint density at radius 1 is 1.29 bits per heavy atom. The van der Waals surface area contributed by atoms with Gasteiger partial charge in [-0.3, -0.25) is 19.3 Å². The molecule has 2 heterocycles. The van der Waals surface area contributed by atoms with Gasteiger partial charge in [0.05, 0.1) is 12.2 Å². The molecular formula is C18H27N3O3. The van der Waals surface area contributed by atoms with Crippen LogP contribution in [0.15, 0.2) is 0 Å². The number of H-pyrrole nitrogens is 1. The van der Waals surface area contributed by atoms with Crippen molar-refractivity contribution in [3.8, 4) is 0 Å². The lowest BCUT2D eigenvalue weighted by atomic mass is 10.0. The van der Waals surface area contributed by atoms with E-state index in [1.807, 2.05) is 13.8 Å². The smallest absolute Gasteiger partial charge is 0.217 e. The first kappa shape index (κ1) is 18.4. The standard InChI is InChI=1S/C18H27N3O3/c1-5-15-17(12(3)22)11(2)19-18(15)16(24)10-21-8-6-7-14(9-21)20-13(4)23/h14,19H,5-10H2,1-4H3,(H,20,23)/t14-/m0/s1. The summed E-state index contributed by atoms with van der Waals surface area (Å²) in [5.41, 5.74) is 2.79. The van der Waals surface area contributed by atoms with Crippen molar-refractivity contribution in [2.45, 2.75) is 53.0 Å². The molecule has 0 unspecified atom stereocenters. The molecule has 0 aromatic carbocycles. The van der Waals surface area contributed by atoms with E-state index in [4.69, 9.17) is 0 Å². The first-order chi connectivity index (χ1) is 11.3. The highest BCUT2D eigenvalue weighted by atomic mass is 16.1. The molecule has 1 saturated heterocycles. The van der Waals surface area contributed by atoms with Gasteiger partial charge in [-0.25, -0.2) is 0 Å². The highest BCUT2D eigenvalue weighted by molar-refractivity contribution is 6.04. The third-order valence-corrected chi connectivity index (χ3v) is 4.56. The summed E-state index contributed by atoms with van der Waals surface area (Å²) in [6, 6.07) is 0.104. The van der Waals surface area contributed by atoms with Crippen molar-refractivity contribution in [1.29, 1.82) is 0 Å². The molecule has 0 aliphatic carbocycles. The number of ketones is 2. The summed E-state index contributed by atoms with van der Waals surface area (Å²) in [5, 5.41) is 2.93. The number of aromatic amines is 1. The number of Topliss-reactive ketones (excluding diaryl/α,β-unsaturated/α-hetero) is 2. The van der Waals surface area contributed by atoms with Crippen LogP contribution in [0, 0.1) is 6.92 Å². The summed E-state index contributed by atoms with van der Waals surface area (Å²) in [4.78, 5) is 41.0. The van der Waals surface area contributed by atoms with Gasteiger partial charge in [0, 0.05) is 30.8 Å². The number of rotatable bonds is 6. The Bertz CT molecular complexity index is 648. The number of nitrogens with zero attached hydrogens (tertiary/aromatic N) is 1. The molecule has 24 heavy (non-hydrogen) atoms. The molecule has 1 fully saturated rings. The zero-order chi connectivity index (χ0) is 17.9. The molecule has 1 aromatic heterocycles. The molecular weight excluding hydrogens is 306 g/mol. The van der Waals surface area contributed by atoms with Gasteiger partial charge in [-0.05, 0) is 45.2 Å². The zero-order valence-electron chi connectivity index (χ0n) is 15.0. The van der Waals surface area contributed by atoms with E-state index in [-0.39, 0.29) is 23.5 Å². The molecule has 132 valence electrons. The van der Waals surface area contributed by atoms with Gasteiger partial charge in [-0.2, -0.15) is 0 Å². The number of amides is 1. The van der Waals surface area contributed by atoms with Crippen molar-refractivity contribution in [3.63, 3.8) is 0 Å². The monoisotopic (exact) mass is 333 g/mol. The van der Waals surface area contributed by atoms with Crippen LogP contribution < -0.4 is 5.32 Å². The van der Waals surface area contributed by atoms with E-state index in [0.717, 1.165) is 30.6 Å². The maximum absolute atomic E-state index is 12.7. The molecule has 0 saturated carbocycles. The lowest BCUT2D eigenvalue weighted by Crippen LogP contribution is -2.48. The van der Waals surface area contributed by atoms with Crippen molar-refractivity contribution in [1.82, 2.24) is 15.2 Å². The van der Waals surface area contributed by atoms with Crippen LogP contribution in [0.5, 0.6) is 0 Å². The van der Waals surface area contributed by atoms with Crippen LogP contribution in [0.4, 0.5) is 0 Å². The van der Waals surface area contributed by atoms with Crippen LogP contribution in [0.3, 0.4) is 0 Å². The molecule has 6 heteroatoms. The number of hydrogen-bond acceptors (Lipinski definition) is 4. The summed E-state index contributed by atoms with van der Waals surface area (Å²) in [6.45, 7) is 8.68. The minimum Gasteiger partial charge on any atom is -0.355 e. The van der Waals surface area contributed by atoms with Crippen LogP contribution in [0.2, 0.25) is 0 Å². The Hall–Kier alpha value is -1.95. The molecule has 2 N–H and O–H groups in total. The summed E-state index contributed by atoms with van der Waals surface area (Å²) in [5.74, 6) is -0.0400. The third-order valence-electron chi connectivity index (χ3n) is 4.56.